The van der Waals surface area contributed by atoms with Crippen molar-refractivity contribution in [1.82, 2.24) is 0 Å². The summed E-state index contributed by atoms with van der Waals surface area (Å²) in [6.07, 6.45) is -1.27. The Hall–Kier alpha value is -4.08. The third-order valence-corrected chi connectivity index (χ3v) is 3.72. The van der Waals surface area contributed by atoms with Crippen molar-refractivity contribution in [3.05, 3.63) is 59.7 Å². The van der Waals surface area contributed by atoms with Gasteiger partial charge in [-0.1, -0.05) is 0 Å². The van der Waals surface area contributed by atoms with Crippen LogP contribution in [0.25, 0.3) is 0 Å². The van der Waals surface area contributed by atoms with Crippen molar-refractivity contribution in [3.8, 4) is 0 Å². The molecule has 0 aromatic heterocycles. The van der Waals surface area contributed by atoms with Gasteiger partial charge in [-0.25, -0.2) is 29.0 Å². The molecule has 0 heterocycles. The molecule has 0 fully saturated rings. The van der Waals surface area contributed by atoms with Crippen LogP contribution >= 0.6 is 0 Å². The smallest absolute Gasteiger partial charge is 0.412 e. The molecule has 2 amide bonds. The van der Waals surface area contributed by atoms with Crippen LogP contribution in [0.1, 0.15) is 62.3 Å². The fourth-order valence-corrected chi connectivity index (χ4v) is 2.39. The number of carbonyl (C=O) groups is 4. The molecule has 0 aliphatic heterocycles. The molecule has 0 aliphatic rings. The summed E-state index contributed by atoms with van der Waals surface area (Å²) in [5, 5.41) is 5.06. The quantitative estimate of drug-likeness (QED) is 0.452. The van der Waals surface area contributed by atoms with Gasteiger partial charge in [-0.15, -0.1) is 0 Å². The Bertz CT molecular complexity index is 947. The summed E-state index contributed by atoms with van der Waals surface area (Å²) in [5.41, 5.74) is -0.288. The van der Waals surface area contributed by atoms with E-state index in [0.717, 1.165) is 0 Å². The number of anilines is 2. The highest BCUT2D eigenvalue weighted by molar-refractivity contribution is 5.93. The van der Waals surface area contributed by atoms with Crippen LogP contribution in [0.5, 0.6) is 0 Å². The molecule has 2 N–H and O–H groups in total. The maximum atomic E-state index is 12.1. The van der Waals surface area contributed by atoms with Crippen LogP contribution in [0.4, 0.5) is 21.0 Å². The Morgan fingerprint density at radius 1 is 0.559 bits per heavy atom. The zero-order valence-electron chi connectivity index (χ0n) is 19.9. The number of hydrogen-bond donors (Lipinski definition) is 2. The van der Waals surface area contributed by atoms with Gasteiger partial charge in [0.15, 0.2) is 0 Å². The van der Waals surface area contributed by atoms with Gasteiger partial charge in [-0.2, -0.15) is 0 Å². The number of ether oxygens (including phenoxy) is 2. The first-order valence-electron chi connectivity index (χ1n) is 10.4. The molecule has 0 aliphatic carbocycles. The topological polar surface area (TPSA) is 129 Å². The van der Waals surface area contributed by atoms with E-state index in [9.17, 15) is 19.2 Å². The van der Waals surface area contributed by atoms with Gasteiger partial charge >= 0.3 is 24.1 Å². The second-order valence-corrected chi connectivity index (χ2v) is 9.15. The van der Waals surface area contributed by atoms with E-state index in [0.29, 0.717) is 11.4 Å². The highest BCUT2D eigenvalue weighted by Crippen LogP contribution is 2.16. The van der Waals surface area contributed by atoms with Crippen LogP contribution < -0.4 is 10.6 Å². The van der Waals surface area contributed by atoms with E-state index in [1.165, 1.54) is 48.5 Å². The lowest BCUT2D eigenvalue weighted by atomic mass is 10.2. The molecule has 2 aromatic carbocycles. The fraction of sp³-hybridized carbons (Fsp3) is 0.333. The van der Waals surface area contributed by atoms with Crippen molar-refractivity contribution in [1.29, 1.82) is 0 Å². The van der Waals surface area contributed by atoms with Gasteiger partial charge in [0.2, 0.25) is 0 Å². The monoisotopic (exact) mass is 472 g/mol. The summed E-state index contributed by atoms with van der Waals surface area (Å²) in [4.78, 5) is 57.0. The number of carbonyl (C=O) groups excluding carboxylic acids is 4. The average molecular weight is 472 g/mol. The Labute approximate surface area is 197 Å². The Morgan fingerprint density at radius 3 is 1.12 bits per heavy atom. The van der Waals surface area contributed by atoms with Gasteiger partial charge in [-0.3, -0.25) is 10.6 Å². The molecule has 0 saturated carbocycles. The van der Waals surface area contributed by atoms with Gasteiger partial charge in [0.1, 0.15) is 11.2 Å². The van der Waals surface area contributed by atoms with E-state index in [2.05, 4.69) is 20.4 Å². The lowest BCUT2D eigenvalue weighted by Crippen LogP contribution is -2.27. The highest BCUT2D eigenvalue weighted by atomic mass is 17.2. The van der Waals surface area contributed by atoms with Gasteiger partial charge in [0.25, 0.3) is 0 Å². The molecule has 0 radical (unpaired) electrons. The second-order valence-electron chi connectivity index (χ2n) is 9.15. The molecule has 2 rings (SSSR count). The molecule has 34 heavy (non-hydrogen) atoms. The van der Waals surface area contributed by atoms with E-state index < -0.39 is 35.3 Å². The van der Waals surface area contributed by atoms with Crippen molar-refractivity contribution < 1.29 is 38.4 Å². The summed E-state index contributed by atoms with van der Waals surface area (Å²) in [6, 6.07) is 11.4. The molecule has 0 spiro atoms. The molecular weight excluding hydrogens is 444 g/mol. The summed E-state index contributed by atoms with van der Waals surface area (Å²) in [6.45, 7) is 10.4. The van der Waals surface area contributed by atoms with E-state index in [-0.39, 0.29) is 11.1 Å². The first-order valence-corrected chi connectivity index (χ1v) is 10.4. The van der Waals surface area contributed by atoms with Crippen molar-refractivity contribution in [3.63, 3.8) is 0 Å². The summed E-state index contributed by atoms with van der Waals surface area (Å²) in [5.74, 6) is -1.80. The number of amides is 2. The van der Waals surface area contributed by atoms with Crippen molar-refractivity contribution in [2.75, 3.05) is 10.6 Å². The number of nitrogens with one attached hydrogen (secondary N) is 2. The first kappa shape index (κ1) is 26.2. The van der Waals surface area contributed by atoms with Crippen molar-refractivity contribution >= 4 is 35.5 Å². The number of benzene rings is 2. The summed E-state index contributed by atoms with van der Waals surface area (Å²) >= 11 is 0. The first-order chi connectivity index (χ1) is 15.7. The molecule has 0 atom stereocenters. The van der Waals surface area contributed by atoms with Crippen LogP contribution in [0.2, 0.25) is 0 Å². The fourth-order valence-electron chi connectivity index (χ4n) is 2.39. The van der Waals surface area contributed by atoms with Crippen molar-refractivity contribution in [2.45, 2.75) is 52.7 Å². The highest BCUT2D eigenvalue weighted by Gasteiger charge is 2.18. The van der Waals surface area contributed by atoms with Crippen LogP contribution in [0.15, 0.2) is 48.5 Å². The Morgan fingerprint density at radius 2 is 0.853 bits per heavy atom. The van der Waals surface area contributed by atoms with E-state index in [1.54, 1.807) is 41.5 Å². The molecule has 182 valence electrons. The zero-order chi connectivity index (χ0) is 25.5. The molecule has 10 nitrogen and oxygen atoms in total. The zero-order valence-corrected chi connectivity index (χ0v) is 19.9. The van der Waals surface area contributed by atoms with Crippen LogP contribution in [-0.2, 0) is 19.2 Å². The number of hydrogen-bond acceptors (Lipinski definition) is 8. The third-order valence-electron chi connectivity index (χ3n) is 3.72. The van der Waals surface area contributed by atoms with Crippen molar-refractivity contribution in [2.24, 2.45) is 0 Å². The third kappa shape index (κ3) is 9.19. The Balaban J connectivity index is 1.86. The number of rotatable bonds is 4. The molecule has 10 heteroatoms. The summed E-state index contributed by atoms with van der Waals surface area (Å²) in [7, 11) is 0. The second kappa shape index (κ2) is 10.7. The van der Waals surface area contributed by atoms with Crippen LogP contribution in [0.3, 0.4) is 0 Å². The minimum Gasteiger partial charge on any atom is -0.444 e. The minimum absolute atomic E-state index is 0.0967. The van der Waals surface area contributed by atoms with Gasteiger partial charge < -0.3 is 9.47 Å². The SMILES string of the molecule is CC(C)(C)OC(=O)Nc1ccc(C(=O)OOC(=O)c2ccc(NC(=O)OC(C)(C)C)cc2)cc1. The lowest BCUT2D eigenvalue weighted by molar-refractivity contribution is -0.187. The molecular formula is C24H28N2O8. The summed E-state index contributed by atoms with van der Waals surface area (Å²) < 4.78 is 10.3. The van der Waals surface area contributed by atoms with E-state index in [4.69, 9.17) is 9.47 Å². The maximum absolute atomic E-state index is 12.1. The van der Waals surface area contributed by atoms with Gasteiger partial charge in [0.05, 0.1) is 11.1 Å². The molecule has 0 bridgehead atoms. The molecule has 0 saturated heterocycles. The lowest BCUT2D eigenvalue weighted by Gasteiger charge is -2.19. The van der Waals surface area contributed by atoms with Crippen LogP contribution in [-0.4, -0.2) is 35.3 Å². The van der Waals surface area contributed by atoms with E-state index in [1.807, 2.05) is 0 Å². The Kier molecular flexibility index (Phi) is 8.23. The van der Waals surface area contributed by atoms with Crippen LogP contribution in [0, 0.1) is 0 Å². The standard InChI is InChI=1S/C24H28N2O8/c1-23(2,3)31-21(29)25-17-11-7-15(8-12-17)19(27)33-34-20(28)16-9-13-18(14-10-16)26-22(30)32-24(4,5)6/h7-14H,1-6H3,(H,25,29)(H,26,30). The predicted octanol–water partition coefficient (Wildman–Crippen LogP) is 5.31. The van der Waals surface area contributed by atoms with Gasteiger partial charge in [-0.05, 0) is 90.1 Å². The van der Waals surface area contributed by atoms with E-state index >= 15 is 0 Å². The molecule has 2 aromatic rings. The largest absolute Gasteiger partial charge is 0.444 e. The van der Waals surface area contributed by atoms with Gasteiger partial charge in [0, 0.05) is 11.4 Å². The molecule has 0 unspecified atom stereocenters. The maximum Gasteiger partial charge on any atom is 0.412 e. The normalized spacial score (nSPS) is 11.1. The predicted molar refractivity (Wildman–Crippen MR) is 123 cm³/mol. The average Bonchev–Trinajstić information content (AvgIpc) is 2.70. The minimum atomic E-state index is -0.902.